The Morgan fingerprint density at radius 2 is 2.04 bits per heavy atom. The lowest BCUT2D eigenvalue weighted by Gasteiger charge is -2.31. The van der Waals surface area contributed by atoms with E-state index in [1.807, 2.05) is 24.3 Å². The molecule has 0 atom stereocenters. The summed E-state index contributed by atoms with van der Waals surface area (Å²) in [5.41, 5.74) is 0.835. The van der Waals surface area contributed by atoms with Gasteiger partial charge in [0.25, 0.3) is 0 Å². The Kier molecular flexibility index (Phi) is 6.72. The summed E-state index contributed by atoms with van der Waals surface area (Å²) in [5.74, 6) is 0.680. The quantitative estimate of drug-likeness (QED) is 0.829. The van der Waals surface area contributed by atoms with Gasteiger partial charge in [-0.2, -0.15) is 0 Å². The van der Waals surface area contributed by atoms with Crippen LogP contribution in [0, 0.1) is 0 Å². The number of ether oxygens (including phenoxy) is 2. The number of benzene rings is 1. The maximum absolute atomic E-state index is 12.0. The minimum atomic E-state index is -0.276. The monoisotopic (exact) mass is 335 g/mol. The molecule has 2 amide bonds. The second-order valence-electron chi connectivity index (χ2n) is 5.61. The lowest BCUT2D eigenvalue weighted by atomic mass is 10.1. The fourth-order valence-electron chi connectivity index (χ4n) is 2.62. The molecule has 0 bridgehead atoms. The van der Waals surface area contributed by atoms with Crippen molar-refractivity contribution in [2.24, 2.45) is 0 Å². The predicted molar refractivity (Wildman–Crippen MR) is 91.2 cm³/mol. The number of nitrogens with zero attached hydrogens (tertiary/aromatic N) is 1. The molecule has 0 aromatic heterocycles. The van der Waals surface area contributed by atoms with E-state index in [0.717, 1.165) is 24.3 Å². The molecular weight excluding hydrogens is 310 g/mol. The molecule has 0 aliphatic carbocycles. The predicted octanol–water partition coefficient (Wildman–Crippen LogP) is 1.84. The highest BCUT2D eigenvalue weighted by atomic mass is 16.6. The molecule has 1 aromatic rings. The summed E-state index contributed by atoms with van der Waals surface area (Å²) in [6.07, 6.45) is 1.20. The first-order chi connectivity index (χ1) is 11.6. The van der Waals surface area contributed by atoms with Crippen LogP contribution in [0.1, 0.15) is 19.8 Å². The number of amides is 2. The van der Waals surface area contributed by atoms with Crippen LogP contribution in [0.2, 0.25) is 0 Å². The summed E-state index contributed by atoms with van der Waals surface area (Å²) in [6.45, 7) is 3.58. The van der Waals surface area contributed by atoms with E-state index in [4.69, 9.17) is 9.47 Å². The van der Waals surface area contributed by atoms with Crippen molar-refractivity contribution in [1.82, 2.24) is 10.2 Å². The molecule has 0 unspecified atom stereocenters. The molecule has 1 heterocycles. The highest BCUT2D eigenvalue weighted by molar-refractivity contribution is 5.81. The van der Waals surface area contributed by atoms with Gasteiger partial charge >= 0.3 is 6.09 Å². The smallest absolute Gasteiger partial charge is 0.409 e. The zero-order chi connectivity index (χ0) is 17.4. The second-order valence-corrected chi connectivity index (χ2v) is 5.61. The number of hydrogen-bond donors (Lipinski definition) is 2. The number of anilines is 1. The summed E-state index contributed by atoms with van der Waals surface area (Å²) >= 11 is 0. The zero-order valence-electron chi connectivity index (χ0n) is 14.2. The molecule has 7 nitrogen and oxygen atoms in total. The maximum atomic E-state index is 12.0. The van der Waals surface area contributed by atoms with Crippen LogP contribution in [-0.4, -0.2) is 56.3 Å². The van der Waals surface area contributed by atoms with E-state index < -0.39 is 0 Å². The van der Waals surface area contributed by atoms with Gasteiger partial charge in [-0.25, -0.2) is 4.79 Å². The van der Waals surface area contributed by atoms with E-state index in [1.54, 1.807) is 18.9 Å². The Bertz CT molecular complexity index is 557. The molecule has 2 N–H and O–H groups in total. The Morgan fingerprint density at radius 1 is 1.29 bits per heavy atom. The topological polar surface area (TPSA) is 79.9 Å². The van der Waals surface area contributed by atoms with Gasteiger partial charge in [-0.05, 0) is 31.9 Å². The van der Waals surface area contributed by atoms with E-state index in [9.17, 15) is 9.59 Å². The summed E-state index contributed by atoms with van der Waals surface area (Å²) in [7, 11) is 1.61. The van der Waals surface area contributed by atoms with Gasteiger partial charge in [-0.15, -0.1) is 0 Å². The van der Waals surface area contributed by atoms with Gasteiger partial charge in [0.1, 0.15) is 5.75 Å². The minimum absolute atomic E-state index is 0.0626. The fraction of sp³-hybridized carbons (Fsp3) is 0.529. The van der Waals surface area contributed by atoms with Crippen LogP contribution in [0.25, 0.3) is 0 Å². The Labute approximate surface area is 142 Å². The SMILES string of the molecule is CCOC(=O)N1CCC(NC(=O)CNc2cccc(OC)c2)CC1. The average Bonchev–Trinajstić information content (AvgIpc) is 2.61. The van der Waals surface area contributed by atoms with Crippen molar-refractivity contribution in [3.8, 4) is 5.75 Å². The molecule has 132 valence electrons. The molecule has 2 rings (SSSR count). The van der Waals surface area contributed by atoms with Gasteiger partial charge in [0.05, 0.1) is 20.3 Å². The van der Waals surface area contributed by atoms with E-state index in [-0.39, 0.29) is 24.6 Å². The van der Waals surface area contributed by atoms with Crippen LogP contribution < -0.4 is 15.4 Å². The number of methoxy groups -OCH3 is 1. The van der Waals surface area contributed by atoms with Crippen molar-refractivity contribution < 1.29 is 19.1 Å². The molecule has 0 radical (unpaired) electrons. The molecule has 1 aliphatic heterocycles. The van der Waals surface area contributed by atoms with Crippen molar-refractivity contribution in [2.45, 2.75) is 25.8 Å². The maximum Gasteiger partial charge on any atom is 0.409 e. The van der Waals surface area contributed by atoms with Gasteiger partial charge in [-0.1, -0.05) is 6.07 Å². The number of rotatable bonds is 6. The van der Waals surface area contributed by atoms with Crippen molar-refractivity contribution >= 4 is 17.7 Å². The number of likely N-dealkylation sites (tertiary alicyclic amines) is 1. The van der Waals surface area contributed by atoms with Crippen LogP contribution in [0.4, 0.5) is 10.5 Å². The molecular formula is C17H25N3O4. The molecule has 0 spiro atoms. The third-order valence-corrected chi connectivity index (χ3v) is 3.91. The number of piperidine rings is 1. The summed E-state index contributed by atoms with van der Waals surface area (Å²) < 4.78 is 10.1. The van der Waals surface area contributed by atoms with Crippen LogP contribution in [0.5, 0.6) is 5.75 Å². The van der Waals surface area contributed by atoms with Crippen LogP contribution in [-0.2, 0) is 9.53 Å². The largest absolute Gasteiger partial charge is 0.497 e. The normalized spacial score (nSPS) is 14.8. The molecule has 7 heteroatoms. The zero-order valence-corrected chi connectivity index (χ0v) is 14.2. The van der Waals surface area contributed by atoms with Crippen LogP contribution in [0.15, 0.2) is 24.3 Å². The van der Waals surface area contributed by atoms with E-state index in [0.29, 0.717) is 19.7 Å². The summed E-state index contributed by atoms with van der Waals surface area (Å²) in [5, 5.41) is 6.07. The number of hydrogen-bond acceptors (Lipinski definition) is 5. The van der Waals surface area contributed by atoms with Gasteiger partial charge < -0.3 is 25.0 Å². The van der Waals surface area contributed by atoms with Crippen molar-refractivity contribution in [2.75, 3.05) is 38.7 Å². The Hall–Kier alpha value is -2.44. The van der Waals surface area contributed by atoms with E-state index in [2.05, 4.69) is 10.6 Å². The van der Waals surface area contributed by atoms with Crippen LogP contribution in [0.3, 0.4) is 0 Å². The van der Waals surface area contributed by atoms with E-state index in [1.165, 1.54) is 0 Å². The average molecular weight is 335 g/mol. The molecule has 24 heavy (non-hydrogen) atoms. The molecule has 1 saturated heterocycles. The summed E-state index contributed by atoms with van der Waals surface area (Å²) in [4.78, 5) is 25.4. The standard InChI is InChI=1S/C17H25N3O4/c1-3-24-17(22)20-9-7-13(8-10-20)19-16(21)12-18-14-5-4-6-15(11-14)23-2/h4-6,11,13,18H,3,7-10,12H2,1-2H3,(H,19,21). The molecule has 1 fully saturated rings. The van der Waals surface area contributed by atoms with Crippen molar-refractivity contribution in [3.63, 3.8) is 0 Å². The summed E-state index contributed by atoms with van der Waals surface area (Å²) in [6, 6.07) is 7.53. The van der Waals surface area contributed by atoms with Gasteiger partial charge in [0.15, 0.2) is 0 Å². The third kappa shape index (κ3) is 5.33. The number of carbonyl (C=O) groups excluding carboxylic acids is 2. The lowest BCUT2D eigenvalue weighted by molar-refractivity contribution is -0.120. The van der Waals surface area contributed by atoms with Gasteiger partial charge in [0.2, 0.25) is 5.91 Å². The number of carbonyl (C=O) groups is 2. The first-order valence-electron chi connectivity index (χ1n) is 8.21. The van der Waals surface area contributed by atoms with Crippen LogP contribution >= 0.6 is 0 Å². The minimum Gasteiger partial charge on any atom is -0.497 e. The van der Waals surface area contributed by atoms with E-state index >= 15 is 0 Å². The molecule has 0 saturated carbocycles. The Morgan fingerprint density at radius 3 is 2.71 bits per heavy atom. The fourth-order valence-corrected chi connectivity index (χ4v) is 2.62. The van der Waals surface area contributed by atoms with Gasteiger partial charge in [-0.3, -0.25) is 4.79 Å². The first kappa shape index (κ1) is 17.9. The Balaban J connectivity index is 1.70. The number of nitrogens with one attached hydrogen (secondary N) is 2. The molecule has 1 aliphatic rings. The van der Waals surface area contributed by atoms with Crippen molar-refractivity contribution in [3.05, 3.63) is 24.3 Å². The first-order valence-corrected chi connectivity index (χ1v) is 8.21. The molecule has 1 aromatic carbocycles. The lowest BCUT2D eigenvalue weighted by Crippen LogP contribution is -2.47. The third-order valence-electron chi connectivity index (χ3n) is 3.91. The highest BCUT2D eigenvalue weighted by Crippen LogP contribution is 2.16. The van der Waals surface area contributed by atoms with Gasteiger partial charge in [0, 0.05) is 30.9 Å². The highest BCUT2D eigenvalue weighted by Gasteiger charge is 2.24. The van der Waals surface area contributed by atoms with Crippen molar-refractivity contribution in [1.29, 1.82) is 0 Å². The second kappa shape index (κ2) is 9.00.